The molecule has 2 aromatic rings. The molecule has 1 saturated heterocycles. The van der Waals surface area contributed by atoms with Gasteiger partial charge < -0.3 is 15.0 Å². The van der Waals surface area contributed by atoms with Crippen LogP contribution in [-0.4, -0.2) is 47.9 Å². The first-order valence-electron chi connectivity index (χ1n) is 7.54. The van der Waals surface area contributed by atoms with Crippen molar-refractivity contribution in [1.82, 2.24) is 9.97 Å². The molecule has 1 fully saturated rings. The van der Waals surface area contributed by atoms with E-state index in [-0.39, 0.29) is 5.91 Å². The van der Waals surface area contributed by atoms with E-state index in [1.807, 2.05) is 30.3 Å². The predicted molar refractivity (Wildman–Crippen MR) is 98.6 cm³/mol. The Morgan fingerprint density at radius 1 is 1.25 bits per heavy atom. The highest BCUT2D eigenvalue weighted by atomic mass is 79.9. The smallest absolute Gasteiger partial charge is 0.234 e. The number of carbonyl (C=O) groups is 1. The van der Waals surface area contributed by atoms with Crippen molar-refractivity contribution in [2.75, 3.05) is 42.3 Å². The second-order valence-corrected chi connectivity index (χ2v) is 7.07. The first kappa shape index (κ1) is 17.2. The lowest BCUT2D eigenvalue weighted by Crippen LogP contribution is -2.36. The van der Waals surface area contributed by atoms with Crippen LogP contribution < -0.4 is 10.2 Å². The number of halogens is 1. The van der Waals surface area contributed by atoms with Crippen LogP contribution in [0.5, 0.6) is 0 Å². The summed E-state index contributed by atoms with van der Waals surface area (Å²) >= 11 is 4.77. The highest BCUT2D eigenvalue weighted by Gasteiger charge is 2.13. The van der Waals surface area contributed by atoms with Crippen LogP contribution in [0, 0.1) is 0 Å². The largest absolute Gasteiger partial charge is 0.378 e. The molecule has 0 atom stereocenters. The fourth-order valence-electron chi connectivity index (χ4n) is 2.24. The molecule has 1 aromatic carbocycles. The summed E-state index contributed by atoms with van der Waals surface area (Å²) in [4.78, 5) is 22.7. The van der Waals surface area contributed by atoms with E-state index in [0.29, 0.717) is 19.0 Å². The number of hydrogen-bond donors (Lipinski definition) is 1. The lowest BCUT2D eigenvalue weighted by Gasteiger charge is -2.27. The van der Waals surface area contributed by atoms with Gasteiger partial charge in [0.1, 0.15) is 17.2 Å². The first-order valence-corrected chi connectivity index (χ1v) is 9.31. The van der Waals surface area contributed by atoms with Gasteiger partial charge in [0.25, 0.3) is 0 Å². The molecule has 1 aromatic heterocycles. The van der Waals surface area contributed by atoms with E-state index in [2.05, 4.69) is 36.1 Å². The molecule has 0 spiro atoms. The van der Waals surface area contributed by atoms with Crippen molar-refractivity contribution in [1.29, 1.82) is 0 Å². The molecule has 6 nitrogen and oxygen atoms in total. The number of aromatic nitrogens is 2. The van der Waals surface area contributed by atoms with Gasteiger partial charge in [0, 0.05) is 29.3 Å². The van der Waals surface area contributed by atoms with Gasteiger partial charge in [-0.25, -0.2) is 9.97 Å². The topological polar surface area (TPSA) is 67.4 Å². The maximum Gasteiger partial charge on any atom is 0.234 e. The number of anilines is 2. The number of nitrogens with zero attached hydrogens (tertiary/aromatic N) is 3. The van der Waals surface area contributed by atoms with Crippen LogP contribution in [-0.2, 0) is 9.53 Å². The highest BCUT2D eigenvalue weighted by Crippen LogP contribution is 2.21. The molecule has 3 rings (SSSR count). The monoisotopic (exact) mass is 408 g/mol. The van der Waals surface area contributed by atoms with Gasteiger partial charge in [0.05, 0.1) is 19.0 Å². The Labute approximate surface area is 153 Å². The molecular weight excluding hydrogens is 392 g/mol. The number of ether oxygens (including phenoxy) is 1. The zero-order chi connectivity index (χ0) is 16.8. The second-order valence-electron chi connectivity index (χ2n) is 5.16. The van der Waals surface area contributed by atoms with E-state index in [0.717, 1.165) is 34.1 Å². The number of rotatable bonds is 5. The fraction of sp³-hybridized carbons (Fsp3) is 0.312. The van der Waals surface area contributed by atoms with Gasteiger partial charge in [-0.05, 0) is 24.3 Å². The SMILES string of the molecule is O=C(CSc1cc(N2CCOCC2)ncn1)Nc1ccc(Br)cc1. The van der Waals surface area contributed by atoms with Crippen LogP contribution in [0.4, 0.5) is 11.5 Å². The van der Waals surface area contributed by atoms with E-state index in [9.17, 15) is 4.79 Å². The third kappa shape index (κ3) is 4.93. The van der Waals surface area contributed by atoms with Crippen LogP contribution in [0.15, 0.2) is 46.2 Å². The fourth-order valence-corrected chi connectivity index (χ4v) is 3.17. The summed E-state index contributed by atoms with van der Waals surface area (Å²) in [6.07, 6.45) is 1.54. The minimum Gasteiger partial charge on any atom is -0.378 e. The summed E-state index contributed by atoms with van der Waals surface area (Å²) in [5.41, 5.74) is 0.778. The minimum absolute atomic E-state index is 0.0612. The summed E-state index contributed by atoms with van der Waals surface area (Å²) < 4.78 is 6.33. The van der Waals surface area contributed by atoms with Gasteiger partial charge >= 0.3 is 0 Å². The Morgan fingerprint density at radius 3 is 2.75 bits per heavy atom. The number of thioether (sulfide) groups is 1. The van der Waals surface area contributed by atoms with Crippen molar-refractivity contribution < 1.29 is 9.53 Å². The molecule has 1 aliphatic rings. The molecule has 1 amide bonds. The van der Waals surface area contributed by atoms with Gasteiger partial charge in [0.2, 0.25) is 5.91 Å². The summed E-state index contributed by atoms with van der Waals surface area (Å²) in [6, 6.07) is 9.41. The zero-order valence-electron chi connectivity index (χ0n) is 12.9. The molecule has 0 unspecified atom stereocenters. The van der Waals surface area contributed by atoms with Crippen LogP contribution in [0.3, 0.4) is 0 Å². The maximum atomic E-state index is 12.0. The molecule has 1 aliphatic heterocycles. The Hall–Kier alpha value is -1.64. The quantitative estimate of drug-likeness (QED) is 0.605. The third-order valence-electron chi connectivity index (χ3n) is 3.44. The normalized spacial score (nSPS) is 14.5. The van der Waals surface area contributed by atoms with Gasteiger partial charge in [-0.2, -0.15) is 0 Å². The molecule has 24 heavy (non-hydrogen) atoms. The molecule has 0 bridgehead atoms. The Morgan fingerprint density at radius 2 is 2.00 bits per heavy atom. The maximum absolute atomic E-state index is 12.0. The molecule has 126 valence electrons. The number of carbonyl (C=O) groups excluding carboxylic acids is 1. The van der Waals surface area contributed by atoms with Crippen LogP contribution in [0.1, 0.15) is 0 Å². The number of morpholine rings is 1. The van der Waals surface area contributed by atoms with E-state index in [1.54, 1.807) is 6.33 Å². The zero-order valence-corrected chi connectivity index (χ0v) is 15.3. The molecule has 8 heteroatoms. The lowest BCUT2D eigenvalue weighted by atomic mass is 10.3. The highest BCUT2D eigenvalue weighted by molar-refractivity contribution is 9.10. The Balaban J connectivity index is 1.54. The number of nitrogens with one attached hydrogen (secondary N) is 1. The molecule has 1 N–H and O–H groups in total. The van der Waals surface area contributed by atoms with Gasteiger partial charge in [-0.3, -0.25) is 4.79 Å². The van der Waals surface area contributed by atoms with Crippen molar-refractivity contribution in [3.63, 3.8) is 0 Å². The van der Waals surface area contributed by atoms with E-state index >= 15 is 0 Å². The summed E-state index contributed by atoms with van der Waals surface area (Å²) in [6.45, 7) is 3.07. The number of hydrogen-bond acceptors (Lipinski definition) is 6. The van der Waals surface area contributed by atoms with Gasteiger partial charge in [0.15, 0.2) is 0 Å². The third-order valence-corrected chi connectivity index (χ3v) is 4.90. The van der Waals surface area contributed by atoms with Crippen molar-refractivity contribution in [3.8, 4) is 0 Å². The van der Waals surface area contributed by atoms with Gasteiger partial charge in [-0.15, -0.1) is 0 Å². The van der Waals surface area contributed by atoms with Crippen LogP contribution >= 0.6 is 27.7 Å². The minimum atomic E-state index is -0.0612. The average Bonchev–Trinajstić information content (AvgIpc) is 2.63. The number of benzene rings is 1. The van der Waals surface area contributed by atoms with E-state index < -0.39 is 0 Å². The molecular formula is C16H17BrN4O2S. The standard InChI is InChI=1S/C16H17BrN4O2S/c17-12-1-3-13(4-2-12)20-15(22)10-24-16-9-14(18-11-19-16)21-5-7-23-8-6-21/h1-4,9,11H,5-8,10H2,(H,20,22). The van der Waals surface area contributed by atoms with E-state index in [4.69, 9.17) is 4.74 Å². The van der Waals surface area contributed by atoms with Crippen molar-refractivity contribution >= 4 is 45.1 Å². The summed E-state index contributed by atoms with van der Waals surface area (Å²) in [7, 11) is 0. The second kappa shape index (κ2) is 8.46. The summed E-state index contributed by atoms with van der Waals surface area (Å²) in [5.74, 6) is 1.12. The molecule has 0 saturated carbocycles. The predicted octanol–water partition coefficient (Wildman–Crippen LogP) is 2.81. The van der Waals surface area contributed by atoms with Crippen molar-refractivity contribution in [2.45, 2.75) is 5.03 Å². The van der Waals surface area contributed by atoms with Crippen LogP contribution in [0.2, 0.25) is 0 Å². The van der Waals surface area contributed by atoms with Crippen molar-refractivity contribution in [2.24, 2.45) is 0 Å². The van der Waals surface area contributed by atoms with Gasteiger partial charge in [-0.1, -0.05) is 27.7 Å². The Bertz CT molecular complexity index is 693. The lowest BCUT2D eigenvalue weighted by molar-refractivity contribution is -0.113. The number of amides is 1. The molecule has 2 heterocycles. The summed E-state index contributed by atoms with van der Waals surface area (Å²) in [5, 5.41) is 3.66. The molecule has 0 radical (unpaired) electrons. The average molecular weight is 409 g/mol. The first-order chi connectivity index (χ1) is 11.7. The van der Waals surface area contributed by atoms with Crippen molar-refractivity contribution in [3.05, 3.63) is 41.1 Å². The molecule has 0 aliphatic carbocycles. The van der Waals surface area contributed by atoms with E-state index in [1.165, 1.54) is 11.8 Å². The van der Waals surface area contributed by atoms with Crippen LogP contribution in [0.25, 0.3) is 0 Å². The Kier molecular flexibility index (Phi) is 6.06.